The third-order valence-electron chi connectivity index (χ3n) is 2.90. The van der Waals surface area contributed by atoms with Crippen LogP contribution in [-0.2, 0) is 4.79 Å². The van der Waals surface area contributed by atoms with Gasteiger partial charge in [-0.15, -0.1) is 0 Å². The predicted molar refractivity (Wildman–Crippen MR) is 71.3 cm³/mol. The van der Waals surface area contributed by atoms with Gasteiger partial charge in [0.05, 0.1) is 6.20 Å². The first-order chi connectivity index (χ1) is 8.54. The first-order valence-corrected chi connectivity index (χ1v) is 5.94. The van der Waals surface area contributed by atoms with Crippen molar-refractivity contribution in [3.05, 3.63) is 53.6 Å². The molecule has 0 saturated carbocycles. The molecule has 1 N–H and O–H groups in total. The van der Waals surface area contributed by atoms with E-state index < -0.39 is 0 Å². The van der Waals surface area contributed by atoms with Gasteiger partial charge in [-0.2, -0.15) is 0 Å². The minimum Gasteiger partial charge on any atom is -0.356 e. The molecule has 0 spiro atoms. The Kier molecular flexibility index (Phi) is 5.34. The van der Waals surface area contributed by atoms with Crippen molar-refractivity contribution >= 4 is 5.94 Å². The highest BCUT2D eigenvalue weighted by atomic mass is 19.1. The van der Waals surface area contributed by atoms with E-state index in [9.17, 15) is 9.18 Å². The number of carbonyl (C=O) groups excluding carboxylic acids is 1. The molecular formula is C15H18FNO. The van der Waals surface area contributed by atoms with Crippen LogP contribution in [0.2, 0.25) is 0 Å². The van der Waals surface area contributed by atoms with Crippen LogP contribution in [0.3, 0.4) is 0 Å². The first-order valence-electron chi connectivity index (χ1n) is 5.94. The average Bonchev–Trinajstić information content (AvgIpc) is 2.33. The smallest absolute Gasteiger partial charge is 0.142 e. The number of aryl methyl sites for hydroxylation is 1. The zero-order valence-corrected chi connectivity index (χ0v) is 10.8. The molecule has 3 heteroatoms. The number of hydrogen-bond donors (Lipinski definition) is 1. The summed E-state index contributed by atoms with van der Waals surface area (Å²) in [5, 5.41) is 2.73. The van der Waals surface area contributed by atoms with Gasteiger partial charge in [0.25, 0.3) is 0 Å². The van der Waals surface area contributed by atoms with Crippen LogP contribution in [0.5, 0.6) is 0 Å². The molecule has 0 radical (unpaired) electrons. The van der Waals surface area contributed by atoms with Gasteiger partial charge >= 0.3 is 0 Å². The molecule has 0 aliphatic carbocycles. The van der Waals surface area contributed by atoms with Gasteiger partial charge in [-0.1, -0.05) is 25.6 Å². The molecular weight excluding hydrogens is 229 g/mol. The summed E-state index contributed by atoms with van der Waals surface area (Å²) < 4.78 is 13.7. The molecule has 1 aromatic rings. The van der Waals surface area contributed by atoms with Gasteiger partial charge < -0.3 is 5.32 Å². The SMILES string of the molecule is C=C(CCC(C)c1ccc(C)cc1F)NC=C=O. The van der Waals surface area contributed by atoms with Crippen LogP contribution in [0.25, 0.3) is 0 Å². The molecule has 96 valence electrons. The highest BCUT2D eigenvalue weighted by Gasteiger charge is 2.11. The van der Waals surface area contributed by atoms with Gasteiger partial charge in [0.15, 0.2) is 0 Å². The summed E-state index contributed by atoms with van der Waals surface area (Å²) in [6, 6.07) is 5.29. The van der Waals surface area contributed by atoms with Crippen molar-refractivity contribution in [3.8, 4) is 0 Å². The van der Waals surface area contributed by atoms with Crippen molar-refractivity contribution in [1.82, 2.24) is 5.32 Å². The Morgan fingerprint density at radius 2 is 2.33 bits per heavy atom. The van der Waals surface area contributed by atoms with E-state index in [1.54, 1.807) is 12.0 Å². The van der Waals surface area contributed by atoms with Gasteiger partial charge in [-0.3, -0.25) is 0 Å². The Balaban J connectivity index is 2.57. The van der Waals surface area contributed by atoms with Crippen molar-refractivity contribution in [2.24, 2.45) is 0 Å². The lowest BCUT2D eigenvalue weighted by Crippen LogP contribution is -2.06. The molecule has 0 fully saturated rings. The summed E-state index contributed by atoms with van der Waals surface area (Å²) >= 11 is 0. The van der Waals surface area contributed by atoms with E-state index in [4.69, 9.17) is 0 Å². The van der Waals surface area contributed by atoms with E-state index in [0.717, 1.165) is 23.2 Å². The molecule has 0 saturated heterocycles. The van der Waals surface area contributed by atoms with Crippen molar-refractivity contribution in [1.29, 1.82) is 0 Å². The van der Waals surface area contributed by atoms with Crippen molar-refractivity contribution in [2.45, 2.75) is 32.6 Å². The molecule has 2 nitrogen and oxygen atoms in total. The number of benzene rings is 1. The molecule has 0 aromatic heterocycles. The molecule has 0 aliphatic heterocycles. The van der Waals surface area contributed by atoms with E-state index in [2.05, 4.69) is 11.9 Å². The van der Waals surface area contributed by atoms with Crippen LogP contribution < -0.4 is 5.32 Å². The topological polar surface area (TPSA) is 29.1 Å². The Bertz CT molecular complexity index is 475. The molecule has 0 heterocycles. The third kappa shape index (κ3) is 4.19. The van der Waals surface area contributed by atoms with E-state index >= 15 is 0 Å². The molecule has 1 rings (SSSR count). The fraction of sp³-hybridized carbons (Fsp3) is 0.333. The van der Waals surface area contributed by atoms with Crippen LogP contribution >= 0.6 is 0 Å². The van der Waals surface area contributed by atoms with Gasteiger partial charge in [-0.25, -0.2) is 9.18 Å². The maximum Gasteiger partial charge on any atom is 0.142 e. The normalized spacial score (nSPS) is 11.5. The van der Waals surface area contributed by atoms with Crippen LogP contribution in [0, 0.1) is 12.7 Å². The van der Waals surface area contributed by atoms with Gasteiger partial charge in [0.1, 0.15) is 11.8 Å². The van der Waals surface area contributed by atoms with Gasteiger partial charge in [-0.05, 0) is 42.9 Å². The third-order valence-corrected chi connectivity index (χ3v) is 2.90. The largest absolute Gasteiger partial charge is 0.356 e. The van der Waals surface area contributed by atoms with E-state index in [1.165, 1.54) is 6.20 Å². The van der Waals surface area contributed by atoms with Crippen LogP contribution in [0.4, 0.5) is 4.39 Å². The molecule has 18 heavy (non-hydrogen) atoms. The van der Waals surface area contributed by atoms with E-state index in [0.29, 0.717) is 6.42 Å². The van der Waals surface area contributed by atoms with Crippen LogP contribution in [-0.4, -0.2) is 5.94 Å². The molecule has 0 bridgehead atoms. The fourth-order valence-electron chi connectivity index (χ4n) is 1.78. The van der Waals surface area contributed by atoms with E-state index in [-0.39, 0.29) is 11.7 Å². The average molecular weight is 247 g/mol. The number of hydrogen-bond acceptors (Lipinski definition) is 2. The zero-order chi connectivity index (χ0) is 13.5. The Morgan fingerprint density at radius 1 is 1.61 bits per heavy atom. The monoisotopic (exact) mass is 247 g/mol. The summed E-state index contributed by atoms with van der Waals surface area (Å²) in [6.07, 6.45) is 2.64. The second-order valence-corrected chi connectivity index (χ2v) is 4.47. The molecule has 1 atom stereocenters. The highest BCUT2D eigenvalue weighted by molar-refractivity contribution is 5.44. The quantitative estimate of drug-likeness (QED) is 0.780. The number of allylic oxidation sites excluding steroid dienone is 1. The standard InChI is InChI=1S/C15H18FNO/c1-11-4-7-14(15(16)10-11)12(2)5-6-13(3)17-8-9-18/h4,7-8,10,12,17H,3,5-6H2,1-2H3. The zero-order valence-electron chi connectivity index (χ0n) is 10.8. The van der Waals surface area contributed by atoms with Gasteiger partial charge in [0, 0.05) is 5.70 Å². The summed E-state index contributed by atoms with van der Waals surface area (Å²) in [4.78, 5) is 10.0. The fourth-order valence-corrected chi connectivity index (χ4v) is 1.78. The molecule has 0 aliphatic rings. The second kappa shape index (κ2) is 6.77. The maximum absolute atomic E-state index is 13.7. The highest BCUT2D eigenvalue weighted by Crippen LogP contribution is 2.25. The summed E-state index contributed by atoms with van der Waals surface area (Å²) in [5.74, 6) is 1.58. The Hall–Kier alpha value is -1.86. The molecule has 1 aromatic carbocycles. The van der Waals surface area contributed by atoms with Crippen LogP contribution in [0.1, 0.15) is 36.8 Å². The Labute approximate surface area is 107 Å². The lowest BCUT2D eigenvalue weighted by molar-refractivity contribution is 0.566. The van der Waals surface area contributed by atoms with Crippen LogP contribution in [0.15, 0.2) is 36.7 Å². The minimum atomic E-state index is -0.158. The number of nitrogens with one attached hydrogen (secondary N) is 1. The van der Waals surface area contributed by atoms with Crippen molar-refractivity contribution in [3.63, 3.8) is 0 Å². The number of rotatable bonds is 6. The summed E-state index contributed by atoms with van der Waals surface area (Å²) in [7, 11) is 0. The first kappa shape index (κ1) is 14.2. The minimum absolute atomic E-state index is 0.115. The second-order valence-electron chi connectivity index (χ2n) is 4.47. The van der Waals surface area contributed by atoms with Crippen molar-refractivity contribution in [2.75, 3.05) is 0 Å². The molecule has 1 unspecified atom stereocenters. The van der Waals surface area contributed by atoms with Gasteiger partial charge in [0.2, 0.25) is 0 Å². The summed E-state index contributed by atoms with van der Waals surface area (Å²) in [6.45, 7) is 7.63. The lowest BCUT2D eigenvalue weighted by atomic mass is 9.94. The van der Waals surface area contributed by atoms with E-state index in [1.807, 2.05) is 26.0 Å². The predicted octanol–water partition coefficient (Wildman–Crippen LogP) is 3.47. The summed E-state index contributed by atoms with van der Waals surface area (Å²) in [5.41, 5.74) is 2.38. The number of halogens is 1. The lowest BCUT2D eigenvalue weighted by Gasteiger charge is -2.14. The van der Waals surface area contributed by atoms with Crippen molar-refractivity contribution < 1.29 is 9.18 Å². The maximum atomic E-state index is 13.7. The molecule has 0 amide bonds. The Morgan fingerprint density at radius 3 is 2.94 bits per heavy atom.